The summed E-state index contributed by atoms with van der Waals surface area (Å²) in [5.41, 5.74) is -0.515. The van der Waals surface area contributed by atoms with Gasteiger partial charge in [0.1, 0.15) is 5.60 Å². The Balaban J connectivity index is 3.11. The monoisotopic (exact) mass is 701 g/mol. The molecule has 0 atom stereocenters. The molecule has 0 saturated heterocycles. The van der Waals surface area contributed by atoms with E-state index in [0.29, 0.717) is 159 Å². The Morgan fingerprint density at radius 1 is 0.438 bits per heavy atom. The molecule has 0 rings (SSSR count). The highest BCUT2D eigenvalue weighted by atomic mass is 16.6. The lowest BCUT2D eigenvalue weighted by Crippen LogP contribution is -2.34. The van der Waals surface area contributed by atoms with Crippen molar-refractivity contribution < 1.29 is 71.2 Å². The largest absolute Gasteiger partial charge is 0.466 e. The number of hydrogen-bond acceptors (Lipinski definition) is 15. The predicted octanol–water partition coefficient (Wildman–Crippen LogP) is 1.65. The molecule has 0 aromatic carbocycles. The fourth-order valence-electron chi connectivity index (χ4n) is 3.23. The van der Waals surface area contributed by atoms with Gasteiger partial charge in [0.2, 0.25) is 0 Å². The molecule has 0 aliphatic heterocycles. The molecule has 0 aromatic rings. The maximum atomic E-state index is 11.5. The van der Waals surface area contributed by atoms with Crippen LogP contribution >= 0.6 is 0 Å². The Labute approximate surface area is 286 Å². The Kier molecular flexibility index (Phi) is 35.3. The van der Waals surface area contributed by atoms with Gasteiger partial charge in [-0.3, -0.25) is 4.79 Å². The SMILES string of the molecule is CCOC(=O)CCOCCOCCOCCOCCOCCOCCOCCOCCOCCOCCOCCNC(=O)OC(C)(C)C. The number of carbonyl (C=O) groups is 2. The number of amides is 1. The van der Waals surface area contributed by atoms with Crippen molar-refractivity contribution in [3.8, 4) is 0 Å². The third kappa shape index (κ3) is 40.5. The van der Waals surface area contributed by atoms with Crippen LogP contribution in [0.5, 0.6) is 0 Å². The number of carbonyl (C=O) groups excluding carboxylic acids is 2. The molecule has 0 unspecified atom stereocenters. The Morgan fingerprint density at radius 2 is 0.708 bits per heavy atom. The van der Waals surface area contributed by atoms with E-state index in [1.807, 2.05) is 20.8 Å². The van der Waals surface area contributed by atoms with Crippen molar-refractivity contribution in [3.63, 3.8) is 0 Å². The van der Waals surface area contributed by atoms with Crippen LogP contribution in [0, 0.1) is 0 Å². The topological polar surface area (TPSA) is 166 Å². The van der Waals surface area contributed by atoms with Gasteiger partial charge in [0.25, 0.3) is 0 Å². The number of hydrogen-bond donors (Lipinski definition) is 1. The van der Waals surface area contributed by atoms with Crippen LogP contribution < -0.4 is 5.32 Å². The standard InChI is InChI=1S/C32H63NO15/c1-5-47-30(34)6-8-36-10-12-38-14-16-40-18-20-42-22-24-44-26-28-46-29-27-45-25-23-43-21-19-41-17-15-39-13-11-37-9-7-33-31(35)48-32(2,3)4/h5-29H2,1-4H3,(H,33,35). The molecule has 0 saturated carbocycles. The number of nitrogens with one attached hydrogen (secondary N) is 1. The lowest BCUT2D eigenvalue weighted by atomic mass is 10.2. The predicted molar refractivity (Wildman–Crippen MR) is 174 cm³/mol. The first-order chi connectivity index (χ1) is 23.3. The zero-order chi connectivity index (χ0) is 35.2. The summed E-state index contributed by atoms with van der Waals surface area (Å²) in [6.45, 7) is 18.1. The lowest BCUT2D eigenvalue weighted by molar-refractivity contribution is -0.144. The highest BCUT2D eigenvalue weighted by molar-refractivity contribution is 5.69. The second-order valence-corrected chi connectivity index (χ2v) is 10.7. The molecule has 0 heterocycles. The van der Waals surface area contributed by atoms with Crippen LogP contribution in [0.25, 0.3) is 0 Å². The molecular formula is C32H63NO15. The van der Waals surface area contributed by atoms with Gasteiger partial charge in [-0.1, -0.05) is 0 Å². The lowest BCUT2D eigenvalue weighted by Gasteiger charge is -2.19. The minimum Gasteiger partial charge on any atom is -0.466 e. The number of ether oxygens (including phenoxy) is 13. The molecule has 0 aliphatic carbocycles. The molecule has 0 radical (unpaired) electrons. The molecule has 16 nitrogen and oxygen atoms in total. The Bertz CT molecular complexity index is 697. The molecular weight excluding hydrogens is 638 g/mol. The Hall–Kier alpha value is -1.70. The average molecular weight is 702 g/mol. The second-order valence-electron chi connectivity index (χ2n) is 10.7. The summed E-state index contributed by atoms with van der Waals surface area (Å²) in [6, 6.07) is 0. The van der Waals surface area contributed by atoms with Gasteiger partial charge >= 0.3 is 12.1 Å². The van der Waals surface area contributed by atoms with Crippen molar-refractivity contribution in [1.82, 2.24) is 5.32 Å². The van der Waals surface area contributed by atoms with Gasteiger partial charge in [-0.2, -0.15) is 0 Å². The van der Waals surface area contributed by atoms with E-state index >= 15 is 0 Å². The van der Waals surface area contributed by atoms with Gasteiger partial charge in [-0.15, -0.1) is 0 Å². The minimum absolute atomic E-state index is 0.252. The molecule has 1 N–H and O–H groups in total. The third-order valence-electron chi connectivity index (χ3n) is 5.39. The average Bonchev–Trinajstić information content (AvgIpc) is 3.04. The van der Waals surface area contributed by atoms with Crippen molar-refractivity contribution in [3.05, 3.63) is 0 Å². The zero-order valence-corrected chi connectivity index (χ0v) is 29.8. The quantitative estimate of drug-likeness (QED) is 0.0733. The van der Waals surface area contributed by atoms with E-state index in [4.69, 9.17) is 61.6 Å². The van der Waals surface area contributed by atoms with E-state index in [0.717, 1.165) is 0 Å². The van der Waals surface area contributed by atoms with E-state index in [9.17, 15) is 9.59 Å². The highest BCUT2D eigenvalue weighted by Gasteiger charge is 2.15. The van der Waals surface area contributed by atoms with Crippen LogP contribution in [0.2, 0.25) is 0 Å². The number of esters is 1. The third-order valence-corrected chi connectivity index (χ3v) is 5.39. The van der Waals surface area contributed by atoms with Crippen LogP contribution in [-0.2, 0) is 66.4 Å². The molecule has 286 valence electrons. The van der Waals surface area contributed by atoms with Crippen molar-refractivity contribution in [2.24, 2.45) is 0 Å². The van der Waals surface area contributed by atoms with Crippen molar-refractivity contribution >= 4 is 12.1 Å². The van der Waals surface area contributed by atoms with Crippen LogP contribution in [0.1, 0.15) is 34.1 Å². The first-order valence-electron chi connectivity index (χ1n) is 16.8. The van der Waals surface area contributed by atoms with Gasteiger partial charge in [-0.05, 0) is 27.7 Å². The summed E-state index contributed by atoms with van der Waals surface area (Å²) in [5.74, 6) is -0.255. The second kappa shape index (κ2) is 36.6. The fraction of sp³-hybridized carbons (Fsp3) is 0.938. The molecule has 0 fully saturated rings. The maximum Gasteiger partial charge on any atom is 0.407 e. The van der Waals surface area contributed by atoms with E-state index in [2.05, 4.69) is 5.32 Å². The van der Waals surface area contributed by atoms with E-state index in [1.165, 1.54) is 0 Å². The Morgan fingerprint density at radius 3 is 0.979 bits per heavy atom. The first-order valence-corrected chi connectivity index (χ1v) is 16.8. The summed E-state index contributed by atoms with van der Waals surface area (Å²) in [7, 11) is 0. The van der Waals surface area contributed by atoms with Gasteiger partial charge in [0.15, 0.2) is 0 Å². The highest BCUT2D eigenvalue weighted by Crippen LogP contribution is 2.06. The van der Waals surface area contributed by atoms with Crippen molar-refractivity contribution in [2.45, 2.75) is 39.7 Å². The van der Waals surface area contributed by atoms with E-state index in [1.54, 1.807) is 6.92 Å². The van der Waals surface area contributed by atoms with Crippen LogP contribution in [0.3, 0.4) is 0 Å². The molecule has 48 heavy (non-hydrogen) atoms. The molecule has 16 heteroatoms. The number of alkyl carbamates (subject to hydrolysis) is 1. The summed E-state index contributed by atoms with van der Waals surface area (Å²) in [5, 5.41) is 2.63. The van der Waals surface area contributed by atoms with Crippen molar-refractivity contribution in [2.75, 3.05) is 159 Å². The summed E-state index contributed by atoms with van der Waals surface area (Å²) in [4.78, 5) is 22.6. The molecule has 0 aromatic heterocycles. The number of rotatable bonds is 37. The normalized spacial score (nSPS) is 11.6. The smallest absolute Gasteiger partial charge is 0.407 e. The van der Waals surface area contributed by atoms with Crippen LogP contribution in [0.15, 0.2) is 0 Å². The van der Waals surface area contributed by atoms with Gasteiger partial charge in [-0.25, -0.2) is 4.79 Å². The van der Waals surface area contributed by atoms with E-state index in [-0.39, 0.29) is 12.4 Å². The van der Waals surface area contributed by atoms with Crippen LogP contribution in [-0.4, -0.2) is 176 Å². The zero-order valence-electron chi connectivity index (χ0n) is 29.8. The summed E-state index contributed by atoms with van der Waals surface area (Å²) >= 11 is 0. The molecule has 0 bridgehead atoms. The van der Waals surface area contributed by atoms with Gasteiger partial charge in [0.05, 0.1) is 158 Å². The van der Waals surface area contributed by atoms with E-state index < -0.39 is 11.7 Å². The molecule has 1 amide bonds. The summed E-state index contributed by atoms with van der Waals surface area (Å²) < 4.78 is 69.6. The maximum absolute atomic E-state index is 11.5. The van der Waals surface area contributed by atoms with Crippen LogP contribution in [0.4, 0.5) is 4.79 Å². The minimum atomic E-state index is -0.515. The fourth-order valence-corrected chi connectivity index (χ4v) is 3.23. The van der Waals surface area contributed by atoms with Gasteiger partial charge < -0.3 is 66.9 Å². The molecule has 0 spiro atoms. The first kappa shape index (κ1) is 46.3. The van der Waals surface area contributed by atoms with Gasteiger partial charge in [0, 0.05) is 6.54 Å². The molecule has 0 aliphatic rings. The summed E-state index contributed by atoms with van der Waals surface area (Å²) in [6.07, 6.45) is -0.204. The van der Waals surface area contributed by atoms with Crippen molar-refractivity contribution in [1.29, 1.82) is 0 Å².